The summed E-state index contributed by atoms with van der Waals surface area (Å²) in [7, 11) is 0. The number of benzene rings is 2. The van der Waals surface area contributed by atoms with Gasteiger partial charge in [-0.25, -0.2) is 4.79 Å². The first-order chi connectivity index (χ1) is 8.58. The van der Waals surface area contributed by atoms with Crippen molar-refractivity contribution in [3.05, 3.63) is 64.2 Å². The summed E-state index contributed by atoms with van der Waals surface area (Å²) < 4.78 is 0. The van der Waals surface area contributed by atoms with E-state index in [2.05, 4.69) is 0 Å². The van der Waals surface area contributed by atoms with Crippen molar-refractivity contribution in [2.24, 2.45) is 0 Å². The molecular weight excluding hydrogens is 234 g/mol. The number of nitro groups is 1. The van der Waals surface area contributed by atoms with Gasteiger partial charge >= 0.3 is 5.97 Å². The van der Waals surface area contributed by atoms with E-state index in [4.69, 9.17) is 5.11 Å². The summed E-state index contributed by atoms with van der Waals surface area (Å²) in [5.74, 6) is -1.03. The zero-order chi connectivity index (χ0) is 13.1. The summed E-state index contributed by atoms with van der Waals surface area (Å²) in [5, 5.41) is 19.6. The van der Waals surface area contributed by atoms with Crippen LogP contribution in [0.1, 0.15) is 10.4 Å². The van der Waals surface area contributed by atoms with Crippen LogP contribution in [0.3, 0.4) is 0 Å². The van der Waals surface area contributed by atoms with Crippen molar-refractivity contribution in [1.29, 1.82) is 0 Å². The van der Waals surface area contributed by atoms with Gasteiger partial charge in [0.1, 0.15) is 0 Å². The van der Waals surface area contributed by atoms with Crippen LogP contribution < -0.4 is 0 Å². The Morgan fingerprint density at radius 2 is 1.67 bits per heavy atom. The summed E-state index contributed by atoms with van der Waals surface area (Å²) in [6, 6.07) is 12.4. The molecule has 1 N–H and O–H groups in total. The van der Waals surface area contributed by atoms with E-state index in [0.717, 1.165) is 0 Å². The molecule has 5 heteroatoms. The number of hydrogen-bond acceptors (Lipinski definition) is 3. The fourth-order valence-electron chi connectivity index (χ4n) is 1.63. The third-order valence-corrected chi connectivity index (χ3v) is 2.50. The lowest BCUT2D eigenvalue weighted by molar-refractivity contribution is -0.384. The van der Waals surface area contributed by atoms with Gasteiger partial charge in [0.15, 0.2) is 0 Å². The first kappa shape index (κ1) is 11.8. The molecule has 0 aliphatic carbocycles. The Kier molecular flexibility index (Phi) is 3.05. The van der Waals surface area contributed by atoms with E-state index < -0.39 is 10.9 Å². The molecule has 2 aromatic carbocycles. The Labute approximate surface area is 102 Å². The number of nitrogens with zero attached hydrogens (tertiary/aromatic N) is 1. The molecule has 0 spiro atoms. The average molecular weight is 243 g/mol. The van der Waals surface area contributed by atoms with Crippen molar-refractivity contribution in [1.82, 2.24) is 0 Å². The van der Waals surface area contributed by atoms with Crippen molar-refractivity contribution in [3.63, 3.8) is 0 Å². The van der Waals surface area contributed by atoms with E-state index >= 15 is 0 Å². The number of carboxylic acid groups (broad SMARTS) is 1. The molecule has 2 rings (SSSR count). The molecule has 18 heavy (non-hydrogen) atoms. The molecule has 0 saturated heterocycles. The lowest BCUT2D eigenvalue weighted by Crippen LogP contribution is -1.95. The van der Waals surface area contributed by atoms with E-state index in [1.54, 1.807) is 24.3 Å². The first-order valence-electron chi connectivity index (χ1n) is 5.16. The summed E-state index contributed by atoms with van der Waals surface area (Å²) in [6.07, 6.45) is 0. The summed E-state index contributed by atoms with van der Waals surface area (Å²) in [5.41, 5.74) is 1.39. The van der Waals surface area contributed by atoms with Gasteiger partial charge in [0.05, 0.1) is 10.5 Å². The zero-order valence-corrected chi connectivity index (χ0v) is 9.24. The van der Waals surface area contributed by atoms with Crippen LogP contribution in [0, 0.1) is 10.1 Å². The molecule has 0 atom stereocenters. The number of nitro benzene ring substituents is 1. The quantitative estimate of drug-likeness (QED) is 0.663. The standard InChI is InChI=1S/C13H9NO4/c15-13(16)11-5-1-3-9(7-11)10-4-2-6-12(8-10)14(17)18/h1-8H,(H,15,16). The Bertz CT molecular complexity index is 566. The van der Waals surface area contributed by atoms with Crippen molar-refractivity contribution in [2.75, 3.05) is 0 Å². The second-order valence-corrected chi connectivity index (χ2v) is 3.69. The highest BCUT2D eigenvalue weighted by Crippen LogP contribution is 2.24. The molecule has 2 aromatic rings. The van der Waals surface area contributed by atoms with Crippen LogP contribution in [0.25, 0.3) is 11.1 Å². The van der Waals surface area contributed by atoms with Gasteiger partial charge in [0, 0.05) is 12.1 Å². The van der Waals surface area contributed by atoms with Crippen molar-refractivity contribution < 1.29 is 14.8 Å². The topological polar surface area (TPSA) is 80.4 Å². The third-order valence-electron chi connectivity index (χ3n) is 2.50. The SMILES string of the molecule is O=C(O)c1cccc(-c2cccc([N+](=O)[O-])c2)c1. The van der Waals surface area contributed by atoms with Crippen LogP contribution in [0.4, 0.5) is 5.69 Å². The molecule has 0 aliphatic rings. The van der Waals surface area contributed by atoms with Gasteiger partial charge in [-0.3, -0.25) is 10.1 Å². The van der Waals surface area contributed by atoms with Crippen molar-refractivity contribution in [3.8, 4) is 11.1 Å². The average Bonchev–Trinajstić information content (AvgIpc) is 2.39. The Morgan fingerprint density at radius 3 is 2.28 bits per heavy atom. The Balaban J connectivity index is 2.48. The molecule has 5 nitrogen and oxygen atoms in total. The zero-order valence-electron chi connectivity index (χ0n) is 9.24. The minimum Gasteiger partial charge on any atom is -0.478 e. The largest absolute Gasteiger partial charge is 0.478 e. The van der Waals surface area contributed by atoms with E-state index in [9.17, 15) is 14.9 Å². The molecule has 0 saturated carbocycles. The number of carboxylic acids is 1. The predicted octanol–water partition coefficient (Wildman–Crippen LogP) is 2.96. The van der Waals surface area contributed by atoms with E-state index in [-0.39, 0.29) is 11.3 Å². The van der Waals surface area contributed by atoms with E-state index in [0.29, 0.717) is 11.1 Å². The minimum atomic E-state index is -1.03. The van der Waals surface area contributed by atoms with Gasteiger partial charge in [-0.2, -0.15) is 0 Å². The smallest absolute Gasteiger partial charge is 0.335 e. The Hall–Kier alpha value is -2.69. The third kappa shape index (κ3) is 2.35. The van der Waals surface area contributed by atoms with Crippen LogP contribution >= 0.6 is 0 Å². The fourth-order valence-corrected chi connectivity index (χ4v) is 1.63. The van der Waals surface area contributed by atoms with E-state index in [1.165, 1.54) is 24.3 Å². The van der Waals surface area contributed by atoms with Crippen LogP contribution in [-0.2, 0) is 0 Å². The molecule has 0 heterocycles. The maximum absolute atomic E-state index is 10.9. The molecule has 0 aliphatic heterocycles. The number of carbonyl (C=O) groups is 1. The summed E-state index contributed by atoms with van der Waals surface area (Å²) in [4.78, 5) is 21.0. The maximum Gasteiger partial charge on any atom is 0.335 e. The molecule has 0 fully saturated rings. The summed E-state index contributed by atoms with van der Waals surface area (Å²) in [6.45, 7) is 0. The summed E-state index contributed by atoms with van der Waals surface area (Å²) >= 11 is 0. The highest BCUT2D eigenvalue weighted by molar-refractivity contribution is 5.89. The minimum absolute atomic E-state index is 0.0202. The number of aromatic carboxylic acids is 1. The van der Waals surface area contributed by atoms with E-state index in [1.807, 2.05) is 0 Å². The van der Waals surface area contributed by atoms with Crippen molar-refractivity contribution in [2.45, 2.75) is 0 Å². The molecular formula is C13H9NO4. The Morgan fingerprint density at radius 1 is 1.06 bits per heavy atom. The molecule has 90 valence electrons. The number of rotatable bonds is 3. The maximum atomic E-state index is 10.9. The predicted molar refractivity (Wildman–Crippen MR) is 65.5 cm³/mol. The van der Waals surface area contributed by atoms with Crippen LogP contribution in [0.15, 0.2) is 48.5 Å². The normalized spacial score (nSPS) is 10.0. The van der Waals surface area contributed by atoms with Crippen molar-refractivity contribution >= 4 is 11.7 Å². The first-order valence-corrected chi connectivity index (χ1v) is 5.16. The molecule has 0 amide bonds. The fraction of sp³-hybridized carbons (Fsp3) is 0. The number of non-ortho nitro benzene ring substituents is 1. The van der Waals surface area contributed by atoms with Crippen LogP contribution in [0.5, 0.6) is 0 Å². The molecule has 0 unspecified atom stereocenters. The van der Waals surface area contributed by atoms with Gasteiger partial charge in [-0.05, 0) is 23.3 Å². The highest BCUT2D eigenvalue weighted by Gasteiger charge is 2.09. The second-order valence-electron chi connectivity index (χ2n) is 3.69. The van der Waals surface area contributed by atoms with Crippen LogP contribution in [0.2, 0.25) is 0 Å². The van der Waals surface area contributed by atoms with Gasteiger partial charge in [0.2, 0.25) is 0 Å². The van der Waals surface area contributed by atoms with Gasteiger partial charge < -0.3 is 5.11 Å². The molecule has 0 bridgehead atoms. The van der Waals surface area contributed by atoms with Gasteiger partial charge in [0.25, 0.3) is 5.69 Å². The van der Waals surface area contributed by atoms with Gasteiger partial charge in [-0.1, -0.05) is 24.3 Å². The number of hydrogen-bond donors (Lipinski definition) is 1. The highest BCUT2D eigenvalue weighted by atomic mass is 16.6. The lowest BCUT2D eigenvalue weighted by Gasteiger charge is -2.02. The van der Waals surface area contributed by atoms with Crippen LogP contribution in [-0.4, -0.2) is 16.0 Å². The molecule has 0 aromatic heterocycles. The monoisotopic (exact) mass is 243 g/mol. The van der Waals surface area contributed by atoms with Gasteiger partial charge in [-0.15, -0.1) is 0 Å². The lowest BCUT2D eigenvalue weighted by atomic mass is 10.0. The second kappa shape index (κ2) is 4.67. The molecule has 0 radical (unpaired) electrons.